The van der Waals surface area contributed by atoms with Crippen molar-refractivity contribution in [3.8, 4) is 16.9 Å². The number of nitrogens with zero attached hydrogens (tertiary/aromatic N) is 7. The zero-order chi connectivity index (χ0) is 23.8. The van der Waals surface area contributed by atoms with Crippen LogP contribution in [0.4, 0.5) is 0 Å². The maximum absolute atomic E-state index is 11.7. The quantitative estimate of drug-likeness (QED) is 0.276. The molecule has 0 saturated heterocycles. The van der Waals surface area contributed by atoms with Gasteiger partial charge in [-0.1, -0.05) is 19.6 Å². The Morgan fingerprint density at radius 3 is 2.48 bits per heavy atom. The van der Waals surface area contributed by atoms with Crippen LogP contribution in [0.25, 0.3) is 27.8 Å². The largest absolute Gasteiger partial charge is 0.360 e. The van der Waals surface area contributed by atoms with Crippen molar-refractivity contribution in [3.63, 3.8) is 0 Å². The lowest BCUT2D eigenvalue weighted by molar-refractivity contribution is 0.0817. The average molecular weight is 486 g/mol. The van der Waals surface area contributed by atoms with Gasteiger partial charge in [0.2, 0.25) is 9.84 Å². The van der Waals surface area contributed by atoms with Gasteiger partial charge in [0.25, 0.3) is 5.16 Å². The highest BCUT2D eigenvalue weighted by atomic mass is 32.2. The molecule has 1 aromatic carbocycles. The normalized spacial score (nSPS) is 12.5. The van der Waals surface area contributed by atoms with Crippen LogP contribution in [0.2, 0.25) is 25.7 Å². The van der Waals surface area contributed by atoms with Gasteiger partial charge >= 0.3 is 0 Å². The third-order valence-electron chi connectivity index (χ3n) is 5.11. The SMILES string of the molecule is Cc1ccn(-c2ccc(-c3cnc(S(C)(=O)=O)nn3)c3cnn(COCC[Si](C)(C)C)c23)n1. The topological polar surface area (TPSA) is 118 Å². The second-order valence-electron chi connectivity index (χ2n) is 9.19. The van der Waals surface area contributed by atoms with Gasteiger partial charge < -0.3 is 4.74 Å². The van der Waals surface area contributed by atoms with E-state index in [0.717, 1.165) is 40.1 Å². The maximum Gasteiger partial charge on any atom is 0.267 e. The zero-order valence-corrected chi connectivity index (χ0v) is 21.2. The molecule has 0 fully saturated rings. The molecule has 0 amide bonds. The first-order valence-electron chi connectivity index (χ1n) is 10.5. The molecule has 10 nitrogen and oxygen atoms in total. The molecule has 0 radical (unpaired) electrons. The molecule has 4 rings (SSSR count). The summed E-state index contributed by atoms with van der Waals surface area (Å²) >= 11 is 0. The fourth-order valence-electron chi connectivity index (χ4n) is 3.33. The minimum absolute atomic E-state index is 0.307. The van der Waals surface area contributed by atoms with Crippen LogP contribution >= 0.6 is 0 Å². The molecule has 12 heteroatoms. The molecule has 0 aliphatic heterocycles. The number of sulfone groups is 1. The van der Waals surface area contributed by atoms with Crippen molar-refractivity contribution in [1.82, 2.24) is 34.7 Å². The van der Waals surface area contributed by atoms with Crippen LogP contribution in [-0.2, 0) is 21.3 Å². The summed E-state index contributed by atoms with van der Waals surface area (Å²) in [5, 5.41) is 17.5. The number of aryl methyl sites for hydroxylation is 1. The molecule has 0 unspecified atom stereocenters. The van der Waals surface area contributed by atoms with E-state index >= 15 is 0 Å². The molecule has 0 atom stereocenters. The highest BCUT2D eigenvalue weighted by Gasteiger charge is 2.19. The van der Waals surface area contributed by atoms with E-state index in [1.165, 1.54) is 6.20 Å². The van der Waals surface area contributed by atoms with E-state index in [2.05, 4.69) is 45.0 Å². The number of hydrogen-bond acceptors (Lipinski definition) is 8. The number of aromatic nitrogens is 7. The van der Waals surface area contributed by atoms with Gasteiger partial charge in [-0.05, 0) is 31.2 Å². The van der Waals surface area contributed by atoms with Crippen LogP contribution in [0.15, 0.2) is 41.9 Å². The first kappa shape index (κ1) is 23.2. The summed E-state index contributed by atoms with van der Waals surface area (Å²) in [6, 6.07) is 6.82. The Labute approximate surface area is 193 Å². The Hall–Kier alpha value is -2.96. The molecule has 0 spiro atoms. The van der Waals surface area contributed by atoms with E-state index in [1.807, 2.05) is 31.3 Å². The van der Waals surface area contributed by atoms with Gasteiger partial charge in [-0.2, -0.15) is 10.2 Å². The van der Waals surface area contributed by atoms with Gasteiger partial charge in [-0.15, -0.1) is 10.2 Å². The van der Waals surface area contributed by atoms with Crippen molar-refractivity contribution in [2.75, 3.05) is 12.9 Å². The number of rotatable bonds is 8. The number of hydrogen-bond donors (Lipinski definition) is 0. The lowest BCUT2D eigenvalue weighted by Gasteiger charge is -2.16. The van der Waals surface area contributed by atoms with Crippen LogP contribution in [0.1, 0.15) is 5.69 Å². The van der Waals surface area contributed by atoms with E-state index in [-0.39, 0.29) is 5.16 Å². The summed E-state index contributed by atoms with van der Waals surface area (Å²) in [5.41, 5.74) is 3.77. The second kappa shape index (κ2) is 8.76. The Morgan fingerprint density at radius 2 is 1.88 bits per heavy atom. The Kier molecular flexibility index (Phi) is 6.16. The van der Waals surface area contributed by atoms with Crippen LogP contribution in [0, 0.1) is 6.92 Å². The van der Waals surface area contributed by atoms with Crippen molar-refractivity contribution in [2.24, 2.45) is 0 Å². The summed E-state index contributed by atoms with van der Waals surface area (Å²) in [7, 11) is -4.73. The molecule has 0 aliphatic carbocycles. The number of fused-ring (bicyclic) bond motifs is 1. The molecule has 3 heterocycles. The van der Waals surface area contributed by atoms with Gasteiger partial charge in [-0.25, -0.2) is 22.8 Å². The minimum atomic E-state index is -3.53. The van der Waals surface area contributed by atoms with E-state index in [4.69, 9.17) is 4.74 Å². The predicted octanol–water partition coefficient (Wildman–Crippen LogP) is 3.10. The van der Waals surface area contributed by atoms with Gasteiger partial charge in [0.15, 0.2) is 0 Å². The van der Waals surface area contributed by atoms with Gasteiger partial charge in [-0.3, -0.25) is 0 Å². The standard InChI is InChI=1S/C21H27N7O3SSi/c1-15-8-9-27(26-15)19-7-6-16(18-13-22-21(25-24-18)32(2,29)30)17-12-23-28(20(17)19)14-31-10-11-33(3,4)5/h6-9,12-13H,10-11,14H2,1-5H3. The van der Waals surface area contributed by atoms with Gasteiger partial charge in [0, 0.05) is 38.1 Å². The first-order chi connectivity index (χ1) is 15.5. The van der Waals surface area contributed by atoms with Crippen molar-refractivity contribution >= 4 is 28.8 Å². The van der Waals surface area contributed by atoms with Crippen molar-refractivity contribution < 1.29 is 13.2 Å². The lowest BCUT2D eigenvalue weighted by Crippen LogP contribution is -2.22. The maximum atomic E-state index is 11.7. The highest BCUT2D eigenvalue weighted by Crippen LogP contribution is 2.31. The molecule has 0 N–H and O–H groups in total. The van der Waals surface area contributed by atoms with Gasteiger partial charge in [0.05, 0.1) is 29.3 Å². The number of ether oxygens (including phenoxy) is 1. The van der Waals surface area contributed by atoms with Crippen molar-refractivity contribution in [3.05, 3.63) is 42.5 Å². The Bertz CT molecular complexity index is 1390. The summed E-state index contributed by atoms with van der Waals surface area (Å²) in [4.78, 5) is 3.98. The molecular weight excluding hydrogens is 458 g/mol. The molecule has 0 bridgehead atoms. The summed E-state index contributed by atoms with van der Waals surface area (Å²) < 4.78 is 32.9. The average Bonchev–Trinajstić information content (AvgIpc) is 3.36. The Morgan fingerprint density at radius 1 is 1.09 bits per heavy atom. The van der Waals surface area contributed by atoms with Crippen LogP contribution < -0.4 is 0 Å². The summed E-state index contributed by atoms with van der Waals surface area (Å²) in [6.45, 7) is 9.86. The molecule has 3 aromatic heterocycles. The third kappa shape index (κ3) is 5.18. The van der Waals surface area contributed by atoms with E-state index < -0.39 is 17.9 Å². The minimum Gasteiger partial charge on any atom is -0.360 e. The lowest BCUT2D eigenvalue weighted by atomic mass is 10.1. The fraction of sp³-hybridized carbons (Fsp3) is 0.381. The fourth-order valence-corrected chi connectivity index (χ4v) is 4.52. The first-order valence-corrected chi connectivity index (χ1v) is 16.1. The molecule has 174 valence electrons. The van der Waals surface area contributed by atoms with Crippen molar-refractivity contribution in [2.45, 2.75) is 44.5 Å². The van der Waals surface area contributed by atoms with Crippen molar-refractivity contribution in [1.29, 1.82) is 0 Å². The molecule has 0 aliphatic rings. The third-order valence-corrected chi connectivity index (χ3v) is 7.66. The number of benzene rings is 1. The summed E-state index contributed by atoms with van der Waals surface area (Å²) in [5.74, 6) is 0. The Balaban J connectivity index is 1.76. The summed E-state index contributed by atoms with van der Waals surface area (Å²) in [6.07, 6.45) is 6.11. The molecule has 33 heavy (non-hydrogen) atoms. The van der Waals surface area contributed by atoms with Gasteiger partial charge in [0.1, 0.15) is 12.4 Å². The van der Waals surface area contributed by atoms with Crippen LogP contribution in [0.3, 0.4) is 0 Å². The van der Waals surface area contributed by atoms with Crippen LogP contribution in [0.5, 0.6) is 0 Å². The second-order valence-corrected chi connectivity index (χ2v) is 16.7. The monoisotopic (exact) mass is 485 g/mol. The van der Waals surface area contributed by atoms with E-state index in [0.29, 0.717) is 19.0 Å². The molecule has 0 saturated carbocycles. The molecular formula is C21H27N7O3SSi. The smallest absolute Gasteiger partial charge is 0.267 e. The van der Waals surface area contributed by atoms with E-state index in [9.17, 15) is 8.42 Å². The highest BCUT2D eigenvalue weighted by molar-refractivity contribution is 7.90. The zero-order valence-electron chi connectivity index (χ0n) is 19.3. The predicted molar refractivity (Wildman–Crippen MR) is 128 cm³/mol. The van der Waals surface area contributed by atoms with Crippen LogP contribution in [-0.4, -0.2) is 64.1 Å². The van der Waals surface area contributed by atoms with E-state index in [1.54, 1.807) is 15.6 Å². The molecule has 4 aromatic rings.